The van der Waals surface area contributed by atoms with Crippen LogP contribution in [0.1, 0.15) is 55.5 Å². The van der Waals surface area contributed by atoms with E-state index in [0.29, 0.717) is 39.5 Å². The lowest BCUT2D eigenvalue weighted by Gasteiger charge is -2.34. The van der Waals surface area contributed by atoms with Crippen LogP contribution in [0.3, 0.4) is 0 Å². The van der Waals surface area contributed by atoms with E-state index in [1.807, 2.05) is 6.07 Å². The minimum Gasteiger partial charge on any atom is -0.294 e. The number of halogens is 2. The highest BCUT2D eigenvalue weighted by atomic mass is 35.5. The first kappa shape index (κ1) is 19.0. The quantitative estimate of drug-likeness (QED) is 0.524. The first-order chi connectivity index (χ1) is 11.8. The van der Waals surface area contributed by atoms with Crippen LogP contribution in [0.25, 0.3) is 0 Å². The zero-order valence-electron chi connectivity index (χ0n) is 14.0. The maximum atomic E-state index is 13.0. The summed E-state index contributed by atoms with van der Waals surface area (Å²) in [7, 11) is -0.0536. The fourth-order valence-corrected chi connectivity index (χ4v) is 7.43. The zero-order valence-corrected chi connectivity index (χ0v) is 17.1. The van der Waals surface area contributed by atoms with E-state index in [2.05, 4.69) is 13.8 Å². The Labute approximate surface area is 162 Å². The summed E-state index contributed by atoms with van der Waals surface area (Å²) < 4.78 is 11.6. The minimum absolute atomic E-state index is 0.0551. The monoisotopic (exact) mass is 416 g/mol. The van der Waals surface area contributed by atoms with Crippen molar-refractivity contribution in [3.8, 4) is 0 Å². The van der Waals surface area contributed by atoms with Gasteiger partial charge in [0.2, 0.25) is 0 Å². The minimum atomic E-state index is -0.591. The van der Waals surface area contributed by atoms with Gasteiger partial charge in [0.05, 0.1) is 10.6 Å². The van der Waals surface area contributed by atoms with E-state index >= 15 is 0 Å². The molecule has 1 atom stereocenters. The van der Waals surface area contributed by atoms with Gasteiger partial charge in [-0.1, -0.05) is 52.6 Å². The SMILES string of the molecule is CC1(C)CCS(=S=O)c2c1ccc(C(=O)C1=C(Cl)CCCC1=O)c2Cl. The Morgan fingerprint density at radius 2 is 1.96 bits per heavy atom. The first-order valence-electron chi connectivity index (χ1n) is 8.08. The van der Waals surface area contributed by atoms with Crippen molar-refractivity contribution in [3.63, 3.8) is 0 Å². The molecule has 3 rings (SSSR count). The fraction of sp³-hybridized carbons (Fsp3) is 0.444. The predicted octanol–water partition coefficient (Wildman–Crippen LogP) is 4.56. The van der Waals surface area contributed by atoms with Crippen molar-refractivity contribution < 1.29 is 13.8 Å². The Balaban J connectivity index is 2.19. The molecular weight excluding hydrogens is 399 g/mol. The predicted molar refractivity (Wildman–Crippen MR) is 104 cm³/mol. The van der Waals surface area contributed by atoms with Crippen molar-refractivity contribution in [1.82, 2.24) is 0 Å². The average Bonchev–Trinajstić information content (AvgIpc) is 2.55. The van der Waals surface area contributed by atoms with Crippen molar-refractivity contribution in [2.75, 3.05) is 5.75 Å². The van der Waals surface area contributed by atoms with E-state index in [0.717, 1.165) is 22.6 Å². The molecule has 0 spiro atoms. The molecule has 1 aliphatic carbocycles. The van der Waals surface area contributed by atoms with Crippen molar-refractivity contribution in [3.05, 3.63) is 38.9 Å². The van der Waals surface area contributed by atoms with Gasteiger partial charge in [0.15, 0.2) is 11.6 Å². The Bertz CT molecular complexity index is 881. The van der Waals surface area contributed by atoms with Gasteiger partial charge in [-0.25, -0.2) is 4.21 Å². The molecule has 0 bridgehead atoms. The van der Waals surface area contributed by atoms with Crippen LogP contribution in [-0.4, -0.2) is 21.5 Å². The van der Waals surface area contributed by atoms with Crippen LogP contribution < -0.4 is 0 Å². The second kappa shape index (κ2) is 7.10. The lowest BCUT2D eigenvalue weighted by Crippen LogP contribution is -2.28. The molecule has 0 saturated heterocycles. The van der Waals surface area contributed by atoms with Crippen LogP contribution in [0.15, 0.2) is 27.6 Å². The molecule has 7 heteroatoms. The molecule has 0 fully saturated rings. The summed E-state index contributed by atoms with van der Waals surface area (Å²) in [6, 6.07) is 3.55. The summed E-state index contributed by atoms with van der Waals surface area (Å²) >= 11 is 12.8. The number of Topliss-reactive ketones (excluding diaryl/α,β-unsaturated/α-hetero) is 2. The van der Waals surface area contributed by atoms with E-state index in [1.54, 1.807) is 6.07 Å². The summed E-state index contributed by atoms with van der Waals surface area (Å²) in [6.45, 7) is 4.23. The molecule has 0 amide bonds. The number of fused-ring (bicyclic) bond motifs is 1. The van der Waals surface area contributed by atoms with Crippen molar-refractivity contribution >= 4 is 54.4 Å². The summed E-state index contributed by atoms with van der Waals surface area (Å²) in [5.41, 5.74) is 1.24. The van der Waals surface area contributed by atoms with Crippen molar-refractivity contribution in [1.29, 1.82) is 0 Å². The average molecular weight is 417 g/mol. The second-order valence-electron chi connectivity index (χ2n) is 6.94. The highest BCUT2D eigenvalue weighted by molar-refractivity contribution is 8.31. The Morgan fingerprint density at radius 3 is 2.60 bits per heavy atom. The van der Waals surface area contributed by atoms with Crippen LogP contribution in [0.4, 0.5) is 0 Å². The van der Waals surface area contributed by atoms with Gasteiger partial charge in [0.1, 0.15) is 10.2 Å². The molecule has 3 nitrogen and oxygen atoms in total. The molecule has 0 radical (unpaired) electrons. The van der Waals surface area contributed by atoms with Gasteiger partial charge in [0.25, 0.3) is 0 Å². The number of benzene rings is 1. The van der Waals surface area contributed by atoms with Crippen molar-refractivity contribution in [2.24, 2.45) is 0 Å². The number of rotatable bonds is 2. The van der Waals surface area contributed by atoms with Crippen LogP contribution in [0, 0.1) is 0 Å². The van der Waals surface area contributed by atoms with E-state index in [-0.39, 0.29) is 22.3 Å². The smallest absolute Gasteiger partial charge is 0.199 e. The maximum absolute atomic E-state index is 13.0. The van der Waals surface area contributed by atoms with Gasteiger partial charge in [0, 0.05) is 27.7 Å². The molecule has 0 N–H and O–H groups in total. The second-order valence-corrected chi connectivity index (χ2v) is 11.0. The largest absolute Gasteiger partial charge is 0.294 e. The molecular formula is C18H18Cl2O3S2. The van der Waals surface area contributed by atoms with Gasteiger partial charge in [-0.2, -0.15) is 0 Å². The third-order valence-electron chi connectivity index (χ3n) is 4.87. The lowest BCUT2D eigenvalue weighted by molar-refractivity contribution is -0.115. The summed E-state index contributed by atoms with van der Waals surface area (Å²) in [4.78, 5) is 25.9. The van der Waals surface area contributed by atoms with Gasteiger partial charge in [-0.3, -0.25) is 9.59 Å². The maximum Gasteiger partial charge on any atom is 0.199 e. The summed E-state index contributed by atoms with van der Waals surface area (Å²) in [5.74, 6) is 0.0892. The normalized spacial score (nSPS) is 22.6. The van der Waals surface area contributed by atoms with Crippen LogP contribution >= 0.6 is 23.2 Å². The third kappa shape index (κ3) is 3.32. The zero-order chi connectivity index (χ0) is 18.4. The number of hydrogen-bond donors (Lipinski definition) is 0. The standard InChI is InChI=1S/C18H18Cl2O3S2/c1-18(2)8-9-25(24-23)17-11(18)7-6-10(15(17)20)16(22)14-12(19)4-3-5-13(14)21/h6-7H,3-5,8-9H2,1-2H3. The fourth-order valence-electron chi connectivity index (χ4n) is 3.33. The lowest BCUT2D eigenvalue weighted by atomic mass is 9.81. The number of allylic oxidation sites excluding steroid dienone is 2. The van der Waals surface area contributed by atoms with Gasteiger partial charge >= 0.3 is 0 Å². The van der Waals surface area contributed by atoms with Gasteiger partial charge in [-0.05, 0) is 36.3 Å². The Kier molecular flexibility index (Phi) is 5.41. The van der Waals surface area contributed by atoms with E-state index in [9.17, 15) is 13.8 Å². The van der Waals surface area contributed by atoms with Crippen molar-refractivity contribution in [2.45, 2.75) is 49.8 Å². The molecule has 134 valence electrons. The van der Waals surface area contributed by atoms with E-state index in [4.69, 9.17) is 23.2 Å². The number of carbonyl (C=O) groups is 2. The molecule has 0 aromatic heterocycles. The highest BCUT2D eigenvalue weighted by Crippen LogP contribution is 2.42. The summed E-state index contributed by atoms with van der Waals surface area (Å²) in [6.07, 6.45) is 2.42. The highest BCUT2D eigenvalue weighted by Gasteiger charge is 2.35. The first-order valence-corrected chi connectivity index (χ1v) is 11.5. The van der Waals surface area contributed by atoms with Crippen LogP contribution in [0.5, 0.6) is 0 Å². The summed E-state index contributed by atoms with van der Waals surface area (Å²) in [5, 5.41) is 0.616. The molecule has 1 aliphatic heterocycles. The Morgan fingerprint density at radius 1 is 1.24 bits per heavy atom. The van der Waals surface area contributed by atoms with E-state index in [1.165, 1.54) is 0 Å². The number of carbonyl (C=O) groups excluding carboxylic acids is 2. The third-order valence-corrected chi connectivity index (χ3v) is 8.86. The molecule has 1 aromatic carbocycles. The number of hydrogen-bond acceptors (Lipinski definition) is 3. The topological polar surface area (TPSA) is 51.2 Å². The van der Waals surface area contributed by atoms with Crippen LogP contribution in [-0.2, 0) is 29.9 Å². The Hall–Kier alpha value is -0.750. The molecule has 2 aliphatic rings. The van der Waals surface area contributed by atoms with Gasteiger partial charge in [-0.15, -0.1) is 0 Å². The number of ketones is 2. The molecule has 1 aromatic rings. The molecule has 1 unspecified atom stereocenters. The molecule has 1 heterocycles. The molecule has 25 heavy (non-hydrogen) atoms. The molecule has 0 saturated carbocycles. The van der Waals surface area contributed by atoms with Gasteiger partial charge < -0.3 is 0 Å². The van der Waals surface area contributed by atoms with E-state index < -0.39 is 15.2 Å². The van der Waals surface area contributed by atoms with Crippen LogP contribution in [0.2, 0.25) is 5.02 Å².